The lowest BCUT2D eigenvalue weighted by atomic mass is 10.0. The van der Waals surface area contributed by atoms with E-state index in [2.05, 4.69) is 44.5 Å². The van der Waals surface area contributed by atoms with Gasteiger partial charge >= 0.3 is 6.03 Å². The van der Waals surface area contributed by atoms with Crippen molar-refractivity contribution in [2.45, 2.75) is 26.7 Å². The van der Waals surface area contributed by atoms with Crippen molar-refractivity contribution in [2.24, 2.45) is 0 Å². The second-order valence-electron chi connectivity index (χ2n) is 4.57. The Kier molecular flexibility index (Phi) is 6.57. The van der Waals surface area contributed by atoms with Gasteiger partial charge in [-0.05, 0) is 24.0 Å². The summed E-state index contributed by atoms with van der Waals surface area (Å²) in [4.78, 5) is 14.0. The van der Waals surface area contributed by atoms with Crippen LogP contribution in [0.2, 0.25) is 0 Å². The molecule has 108 valence electrons. The van der Waals surface area contributed by atoms with Crippen LogP contribution in [-0.4, -0.2) is 24.0 Å². The van der Waals surface area contributed by atoms with Gasteiger partial charge in [-0.15, -0.1) is 13.2 Å². The lowest BCUT2D eigenvalue weighted by Crippen LogP contribution is -2.35. The summed E-state index contributed by atoms with van der Waals surface area (Å²) in [6.45, 7) is 12.6. The van der Waals surface area contributed by atoms with Crippen molar-refractivity contribution in [1.82, 2.24) is 4.90 Å². The van der Waals surface area contributed by atoms with Crippen LogP contribution in [0.15, 0.2) is 43.5 Å². The molecule has 3 heteroatoms. The smallest absolute Gasteiger partial charge is 0.317 e. The largest absolute Gasteiger partial charge is 0.322 e. The number of nitrogens with zero attached hydrogens (tertiary/aromatic N) is 1. The maximum Gasteiger partial charge on any atom is 0.322 e. The number of anilines is 1. The van der Waals surface area contributed by atoms with Crippen LogP contribution in [-0.2, 0) is 12.8 Å². The third-order valence-corrected chi connectivity index (χ3v) is 3.22. The first-order chi connectivity index (χ1) is 9.67. The van der Waals surface area contributed by atoms with Gasteiger partial charge < -0.3 is 10.2 Å². The molecule has 3 nitrogen and oxygen atoms in total. The first-order valence-electron chi connectivity index (χ1n) is 7.06. The fraction of sp³-hybridized carbons (Fsp3) is 0.353. The molecule has 0 aliphatic heterocycles. The van der Waals surface area contributed by atoms with E-state index in [4.69, 9.17) is 0 Å². The van der Waals surface area contributed by atoms with Crippen molar-refractivity contribution < 1.29 is 4.79 Å². The molecule has 0 saturated carbocycles. The monoisotopic (exact) mass is 272 g/mol. The molecular weight excluding hydrogens is 248 g/mol. The summed E-state index contributed by atoms with van der Waals surface area (Å²) in [6, 6.07) is 6.04. The maximum absolute atomic E-state index is 12.3. The van der Waals surface area contributed by atoms with Crippen molar-refractivity contribution in [3.05, 3.63) is 54.6 Å². The van der Waals surface area contributed by atoms with Gasteiger partial charge in [-0.25, -0.2) is 4.79 Å². The number of aryl methyl sites for hydroxylation is 2. The van der Waals surface area contributed by atoms with E-state index in [1.165, 1.54) is 0 Å². The highest BCUT2D eigenvalue weighted by molar-refractivity contribution is 5.91. The lowest BCUT2D eigenvalue weighted by Gasteiger charge is -2.22. The number of nitrogens with one attached hydrogen (secondary N) is 1. The third-order valence-electron chi connectivity index (χ3n) is 3.22. The SMILES string of the molecule is C=CCN(CC=C)C(=O)Nc1c(CC)cccc1CC. The molecule has 0 unspecified atom stereocenters. The van der Waals surface area contributed by atoms with Crippen molar-refractivity contribution in [3.8, 4) is 0 Å². The molecule has 0 saturated heterocycles. The average Bonchev–Trinajstić information content (AvgIpc) is 2.47. The zero-order chi connectivity index (χ0) is 15.0. The van der Waals surface area contributed by atoms with Crippen molar-refractivity contribution >= 4 is 11.7 Å². The summed E-state index contributed by atoms with van der Waals surface area (Å²) in [7, 11) is 0. The zero-order valence-electron chi connectivity index (χ0n) is 12.5. The van der Waals surface area contributed by atoms with Crippen LogP contribution in [0.3, 0.4) is 0 Å². The summed E-state index contributed by atoms with van der Waals surface area (Å²) >= 11 is 0. The van der Waals surface area contributed by atoms with Crippen molar-refractivity contribution in [3.63, 3.8) is 0 Å². The maximum atomic E-state index is 12.3. The molecular formula is C17H24N2O. The summed E-state index contributed by atoms with van der Waals surface area (Å²) in [5.74, 6) is 0. The Bertz CT molecular complexity index is 448. The average molecular weight is 272 g/mol. The molecule has 0 spiro atoms. The quantitative estimate of drug-likeness (QED) is 0.747. The van der Waals surface area contributed by atoms with Gasteiger partial charge in [-0.1, -0.05) is 44.2 Å². The molecule has 1 rings (SSSR count). The van der Waals surface area contributed by atoms with E-state index in [0.29, 0.717) is 13.1 Å². The lowest BCUT2D eigenvalue weighted by molar-refractivity contribution is 0.222. The van der Waals surface area contributed by atoms with Crippen molar-refractivity contribution in [2.75, 3.05) is 18.4 Å². The van der Waals surface area contributed by atoms with E-state index in [0.717, 1.165) is 29.7 Å². The summed E-state index contributed by atoms with van der Waals surface area (Å²) in [5.41, 5.74) is 3.27. The van der Waals surface area contributed by atoms with E-state index in [1.54, 1.807) is 17.1 Å². The number of carbonyl (C=O) groups is 1. The Morgan fingerprint density at radius 1 is 1.15 bits per heavy atom. The minimum absolute atomic E-state index is 0.111. The van der Waals surface area contributed by atoms with Gasteiger partial charge in [0.15, 0.2) is 0 Å². The summed E-state index contributed by atoms with van der Waals surface area (Å²) < 4.78 is 0. The second kappa shape index (κ2) is 8.20. The molecule has 0 atom stereocenters. The molecule has 0 bridgehead atoms. The molecule has 0 aliphatic rings. The minimum Gasteiger partial charge on any atom is -0.317 e. The van der Waals surface area contributed by atoms with Crippen LogP contribution in [0.1, 0.15) is 25.0 Å². The molecule has 20 heavy (non-hydrogen) atoms. The Hall–Kier alpha value is -2.03. The number of rotatable bonds is 7. The number of urea groups is 1. The highest BCUT2D eigenvalue weighted by Gasteiger charge is 2.14. The molecule has 2 amide bonds. The van der Waals surface area contributed by atoms with E-state index >= 15 is 0 Å². The van der Waals surface area contributed by atoms with Crippen LogP contribution in [0.5, 0.6) is 0 Å². The summed E-state index contributed by atoms with van der Waals surface area (Å²) in [5, 5.41) is 3.04. The highest BCUT2D eigenvalue weighted by atomic mass is 16.2. The molecule has 0 radical (unpaired) electrons. The summed E-state index contributed by atoms with van der Waals surface area (Å²) in [6.07, 6.45) is 5.23. The number of amides is 2. The normalized spacial score (nSPS) is 9.90. The standard InChI is InChI=1S/C17H24N2O/c1-5-12-19(13-6-2)17(20)18-16-14(7-3)10-9-11-15(16)8-4/h5-6,9-11H,1-2,7-8,12-13H2,3-4H3,(H,18,20). The number of hydrogen-bond acceptors (Lipinski definition) is 1. The van der Waals surface area contributed by atoms with Gasteiger partial charge in [0.05, 0.1) is 0 Å². The zero-order valence-corrected chi connectivity index (χ0v) is 12.5. The highest BCUT2D eigenvalue weighted by Crippen LogP contribution is 2.23. The Morgan fingerprint density at radius 3 is 2.05 bits per heavy atom. The Morgan fingerprint density at radius 2 is 1.65 bits per heavy atom. The van der Waals surface area contributed by atoms with Gasteiger partial charge in [0, 0.05) is 18.8 Å². The molecule has 1 aromatic carbocycles. The van der Waals surface area contributed by atoms with Crippen LogP contribution >= 0.6 is 0 Å². The predicted molar refractivity (Wildman–Crippen MR) is 86.2 cm³/mol. The molecule has 0 aliphatic carbocycles. The van der Waals surface area contributed by atoms with Gasteiger partial charge in [0.1, 0.15) is 0 Å². The van der Waals surface area contributed by atoms with E-state index in [-0.39, 0.29) is 6.03 Å². The fourth-order valence-electron chi connectivity index (χ4n) is 2.14. The topological polar surface area (TPSA) is 32.3 Å². The van der Waals surface area contributed by atoms with Crippen LogP contribution in [0.25, 0.3) is 0 Å². The van der Waals surface area contributed by atoms with Crippen molar-refractivity contribution in [1.29, 1.82) is 0 Å². The van der Waals surface area contributed by atoms with Crippen LogP contribution in [0, 0.1) is 0 Å². The van der Waals surface area contributed by atoms with E-state index < -0.39 is 0 Å². The van der Waals surface area contributed by atoms with Gasteiger partial charge in [-0.3, -0.25) is 0 Å². The number of benzene rings is 1. The molecule has 0 fully saturated rings. The Balaban J connectivity index is 2.98. The first-order valence-corrected chi connectivity index (χ1v) is 7.06. The Labute approximate surface area is 122 Å². The molecule has 1 N–H and O–H groups in total. The number of hydrogen-bond donors (Lipinski definition) is 1. The van der Waals surface area contributed by atoms with Gasteiger partial charge in [0.25, 0.3) is 0 Å². The minimum atomic E-state index is -0.111. The third kappa shape index (κ3) is 3.98. The van der Waals surface area contributed by atoms with E-state index in [1.807, 2.05) is 6.07 Å². The predicted octanol–water partition coefficient (Wildman–Crippen LogP) is 4.02. The van der Waals surface area contributed by atoms with Gasteiger partial charge in [0.2, 0.25) is 0 Å². The molecule has 0 aromatic heterocycles. The van der Waals surface area contributed by atoms with Crippen LogP contribution < -0.4 is 5.32 Å². The fourth-order valence-corrected chi connectivity index (χ4v) is 2.14. The molecule has 0 heterocycles. The first kappa shape index (κ1) is 16.0. The second-order valence-corrected chi connectivity index (χ2v) is 4.57. The van der Waals surface area contributed by atoms with E-state index in [9.17, 15) is 4.79 Å². The van der Waals surface area contributed by atoms with Crippen LogP contribution in [0.4, 0.5) is 10.5 Å². The number of para-hydroxylation sites is 1. The van der Waals surface area contributed by atoms with Gasteiger partial charge in [-0.2, -0.15) is 0 Å². The number of carbonyl (C=O) groups excluding carboxylic acids is 1. The molecule has 1 aromatic rings.